The van der Waals surface area contributed by atoms with Crippen LogP contribution in [0, 0.1) is 0 Å². The lowest BCUT2D eigenvalue weighted by atomic mass is 9.96. The first-order chi connectivity index (χ1) is 21.1. The van der Waals surface area contributed by atoms with Gasteiger partial charge in [0.05, 0.1) is 43.5 Å². The Labute approximate surface area is 280 Å². The Hall–Kier alpha value is -3.18. The van der Waals surface area contributed by atoms with Crippen molar-refractivity contribution in [2.75, 3.05) is 6.61 Å². The highest BCUT2D eigenvalue weighted by Crippen LogP contribution is 2.36. The average Bonchev–Trinajstić information content (AvgIpc) is 3.26. The Bertz CT molecular complexity index is 1910. The molecule has 5 rings (SSSR count). The van der Waals surface area contributed by atoms with E-state index < -0.39 is 12.0 Å². The fraction of sp³-hybridized carbons (Fsp3) is 0.242. The number of allylic oxidation sites excluding steroid dienone is 1. The van der Waals surface area contributed by atoms with E-state index >= 15 is 0 Å². The van der Waals surface area contributed by atoms with Crippen molar-refractivity contribution in [3.63, 3.8) is 0 Å². The van der Waals surface area contributed by atoms with Crippen LogP contribution in [-0.2, 0) is 16.1 Å². The van der Waals surface area contributed by atoms with Crippen molar-refractivity contribution < 1.29 is 19.0 Å². The smallest absolute Gasteiger partial charge is 0.338 e. The summed E-state index contributed by atoms with van der Waals surface area (Å²) >= 11 is 14.8. The number of ether oxygens (including phenoxy) is 3. The monoisotopic (exact) mass is 758 g/mol. The molecule has 0 aliphatic carbocycles. The van der Waals surface area contributed by atoms with Gasteiger partial charge in [0.2, 0.25) is 0 Å². The lowest BCUT2D eigenvalue weighted by Gasteiger charge is -2.25. The summed E-state index contributed by atoms with van der Waals surface area (Å²) in [7, 11) is 0. The maximum Gasteiger partial charge on any atom is 0.338 e. The van der Waals surface area contributed by atoms with Crippen molar-refractivity contribution in [2.24, 2.45) is 4.99 Å². The minimum Gasteiger partial charge on any atom is -0.491 e. The molecule has 1 aromatic heterocycles. The van der Waals surface area contributed by atoms with E-state index in [4.69, 9.17) is 25.8 Å². The lowest BCUT2D eigenvalue weighted by Crippen LogP contribution is -2.39. The standard InChI is InChI=1S/C33H29Br2ClN2O5S/c1-5-41-32(40)28-19(4)37-33-38(29(28)21-10-12-23(13-11-21)43-18(2)3)31(39)27(44-33)16-20-14-24(34)30(25(35)15-20)42-17-22-8-6-7-9-26(22)36/h6-16,18,29H,5,17H2,1-4H3/b27-16-/t29-/m0/s1. The summed E-state index contributed by atoms with van der Waals surface area (Å²) in [5.74, 6) is 0.809. The number of halogens is 3. The summed E-state index contributed by atoms with van der Waals surface area (Å²) in [5.41, 5.74) is 2.96. The molecule has 228 valence electrons. The number of hydrogen-bond donors (Lipinski definition) is 0. The molecule has 1 atom stereocenters. The van der Waals surface area contributed by atoms with Crippen molar-refractivity contribution in [1.82, 2.24) is 4.57 Å². The third-order valence-electron chi connectivity index (χ3n) is 6.73. The van der Waals surface area contributed by atoms with Crippen LogP contribution in [0.25, 0.3) is 6.08 Å². The van der Waals surface area contributed by atoms with E-state index in [-0.39, 0.29) is 18.3 Å². The van der Waals surface area contributed by atoms with Crippen LogP contribution in [0.5, 0.6) is 11.5 Å². The van der Waals surface area contributed by atoms with E-state index in [9.17, 15) is 9.59 Å². The minimum atomic E-state index is -0.709. The van der Waals surface area contributed by atoms with Crippen LogP contribution in [0.2, 0.25) is 5.02 Å². The van der Waals surface area contributed by atoms with Crippen molar-refractivity contribution in [3.05, 3.63) is 122 Å². The summed E-state index contributed by atoms with van der Waals surface area (Å²) in [4.78, 5) is 32.3. The zero-order chi connectivity index (χ0) is 31.5. The number of benzene rings is 3. The molecule has 4 aromatic rings. The van der Waals surface area contributed by atoms with Gasteiger partial charge in [0, 0.05) is 10.6 Å². The van der Waals surface area contributed by atoms with Gasteiger partial charge < -0.3 is 14.2 Å². The SMILES string of the molecule is CCOC(=O)C1=C(C)N=c2s/c(=C\c3cc(Br)c(OCc4ccccc4Cl)c(Br)c3)c(=O)n2[C@H]1c1ccc(OC(C)C)cc1. The number of nitrogens with zero attached hydrogens (tertiary/aromatic N) is 2. The quantitative estimate of drug-likeness (QED) is 0.167. The molecule has 11 heteroatoms. The van der Waals surface area contributed by atoms with Crippen LogP contribution < -0.4 is 24.4 Å². The van der Waals surface area contributed by atoms with Crippen LogP contribution in [0.3, 0.4) is 0 Å². The van der Waals surface area contributed by atoms with E-state index in [2.05, 4.69) is 36.9 Å². The van der Waals surface area contributed by atoms with Crippen molar-refractivity contribution >= 4 is 66.8 Å². The molecular weight excluding hydrogens is 732 g/mol. The summed E-state index contributed by atoms with van der Waals surface area (Å²) < 4.78 is 20.7. The molecule has 1 aliphatic heterocycles. The van der Waals surface area contributed by atoms with Crippen LogP contribution in [0.15, 0.2) is 90.7 Å². The Morgan fingerprint density at radius 3 is 2.43 bits per heavy atom. The first kappa shape index (κ1) is 32.2. The van der Waals surface area contributed by atoms with E-state index in [1.807, 2.05) is 74.5 Å². The van der Waals surface area contributed by atoms with Gasteiger partial charge in [-0.15, -0.1) is 0 Å². The summed E-state index contributed by atoms with van der Waals surface area (Å²) in [5, 5.41) is 0.631. The molecular formula is C33H29Br2ClN2O5S. The van der Waals surface area contributed by atoms with E-state index in [1.165, 1.54) is 11.3 Å². The third kappa shape index (κ3) is 6.88. The van der Waals surface area contributed by atoms with Gasteiger partial charge in [-0.25, -0.2) is 9.79 Å². The molecule has 0 saturated heterocycles. The molecule has 0 N–H and O–H groups in total. The summed E-state index contributed by atoms with van der Waals surface area (Å²) in [6, 6.07) is 18.0. The number of thiazole rings is 1. The number of hydrogen-bond acceptors (Lipinski definition) is 7. The number of carbonyl (C=O) groups excluding carboxylic acids is 1. The van der Waals surface area contributed by atoms with Crippen molar-refractivity contribution in [2.45, 2.75) is 46.4 Å². The summed E-state index contributed by atoms with van der Waals surface area (Å²) in [6.45, 7) is 7.92. The minimum absolute atomic E-state index is 0.0128. The number of fused-ring (bicyclic) bond motifs is 1. The molecule has 1 aliphatic rings. The fourth-order valence-electron chi connectivity index (χ4n) is 4.83. The van der Waals surface area contributed by atoms with Crippen LogP contribution in [0.4, 0.5) is 0 Å². The van der Waals surface area contributed by atoms with E-state index in [1.54, 1.807) is 24.5 Å². The molecule has 0 bridgehead atoms. The molecule has 44 heavy (non-hydrogen) atoms. The molecule has 0 amide bonds. The van der Waals surface area contributed by atoms with Gasteiger partial charge in [-0.2, -0.15) is 0 Å². The number of aromatic nitrogens is 1. The Kier molecular flexibility index (Phi) is 10.1. The zero-order valence-corrected chi connectivity index (χ0v) is 29.1. The fourth-order valence-corrected chi connectivity index (χ4v) is 7.51. The Morgan fingerprint density at radius 1 is 1.11 bits per heavy atom. The Morgan fingerprint density at radius 2 is 1.80 bits per heavy atom. The lowest BCUT2D eigenvalue weighted by molar-refractivity contribution is -0.139. The highest BCUT2D eigenvalue weighted by Gasteiger charge is 2.33. The average molecular weight is 761 g/mol. The molecule has 0 saturated carbocycles. The number of rotatable bonds is 9. The maximum atomic E-state index is 14.0. The van der Waals surface area contributed by atoms with Gasteiger partial charge >= 0.3 is 5.97 Å². The van der Waals surface area contributed by atoms with E-state index in [0.717, 1.165) is 16.7 Å². The van der Waals surface area contributed by atoms with Gasteiger partial charge in [-0.1, -0.05) is 53.3 Å². The largest absolute Gasteiger partial charge is 0.491 e. The van der Waals surface area contributed by atoms with Crippen molar-refractivity contribution in [1.29, 1.82) is 0 Å². The van der Waals surface area contributed by atoms with Crippen LogP contribution in [0.1, 0.15) is 50.4 Å². The molecule has 0 unspecified atom stereocenters. The maximum absolute atomic E-state index is 14.0. The van der Waals surface area contributed by atoms with E-state index in [0.29, 0.717) is 52.7 Å². The van der Waals surface area contributed by atoms with Crippen molar-refractivity contribution in [3.8, 4) is 11.5 Å². The zero-order valence-electron chi connectivity index (χ0n) is 24.4. The molecule has 0 spiro atoms. The molecule has 7 nitrogen and oxygen atoms in total. The molecule has 3 aromatic carbocycles. The second kappa shape index (κ2) is 13.9. The van der Waals surface area contributed by atoms with Gasteiger partial charge in [-0.05, 0) is 107 Å². The third-order valence-corrected chi connectivity index (χ3v) is 9.26. The second-order valence-corrected chi connectivity index (χ2v) is 13.4. The molecule has 0 radical (unpaired) electrons. The number of carbonyl (C=O) groups is 1. The molecule has 2 heterocycles. The molecule has 0 fully saturated rings. The number of esters is 1. The van der Waals surface area contributed by atoms with Gasteiger partial charge in [0.1, 0.15) is 18.1 Å². The first-order valence-corrected chi connectivity index (χ1v) is 16.7. The highest BCUT2D eigenvalue weighted by molar-refractivity contribution is 9.11. The van der Waals surface area contributed by atoms with Crippen LogP contribution >= 0.6 is 54.8 Å². The predicted molar refractivity (Wildman–Crippen MR) is 180 cm³/mol. The van der Waals surface area contributed by atoms with Gasteiger partial charge in [0.25, 0.3) is 5.56 Å². The van der Waals surface area contributed by atoms with Gasteiger partial charge in [0.15, 0.2) is 4.80 Å². The first-order valence-electron chi connectivity index (χ1n) is 13.9. The predicted octanol–water partition coefficient (Wildman–Crippen LogP) is 7.34. The summed E-state index contributed by atoms with van der Waals surface area (Å²) in [6.07, 6.45) is 1.82. The van der Waals surface area contributed by atoms with Crippen LogP contribution in [-0.4, -0.2) is 23.2 Å². The van der Waals surface area contributed by atoms with Gasteiger partial charge in [-0.3, -0.25) is 9.36 Å². The topological polar surface area (TPSA) is 79.1 Å². The normalized spacial score (nSPS) is 14.8. The Balaban J connectivity index is 1.55. The highest BCUT2D eigenvalue weighted by atomic mass is 79.9. The second-order valence-electron chi connectivity index (χ2n) is 10.2.